The molecule has 0 aliphatic heterocycles. The van der Waals surface area contributed by atoms with Crippen molar-refractivity contribution >= 4 is 11.7 Å². The third-order valence-corrected chi connectivity index (χ3v) is 11.9. The lowest BCUT2D eigenvalue weighted by atomic mass is 9.36. The lowest BCUT2D eigenvalue weighted by molar-refractivity contribution is -0.173. The average Bonchev–Trinajstić information content (AvgIpc) is 3.09. The fourth-order valence-corrected chi connectivity index (χ4v) is 9.77. The molecule has 4 fully saturated rings. The Labute approximate surface area is 194 Å². The van der Waals surface area contributed by atoms with Gasteiger partial charge in [-0.25, -0.2) is 0 Å². The maximum atomic E-state index is 13.3. The number of methoxy groups -OCH3 is 1. The first-order valence-corrected chi connectivity index (χ1v) is 13.0. The van der Waals surface area contributed by atoms with E-state index in [0.717, 1.165) is 63.5 Å². The van der Waals surface area contributed by atoms with Crippen molar-refractivity contribution in [2.24, 2.45) is 50.0 Å². The first-order valence-electron chi connectivity index (χ1n) is 13.0. The fourth-order valence-electron chi connectivity index (χ4n) is 9.77. The molecule has 4 nitrogen and oxygen atoms in total. The van der Waals surface area contributed by atoms with Crippen LogP contribution in [0, 0.1) is 44.8 Å². The molecule has 1 N–H and O–H groups in total. The monoisotopic (exact) mass is 441 g/mol. The van der Waals surface area contributed by atoms with Gasteiger partial charge in [-0.3, -0.25) is 4.79 Å². The predicted octanol–water partition coefficient (Wildman–Crippen LogP) is 6.77. The zero-order valence-corrected chi connectivity index (χ0v) is 21.1. The fraction of sp³-hybridized carbons (Fsp3) is 0.857. The Hall–Kier alpha value is -1.32. The summed E-state index contributed by atoms with van der Waals surface area (Å²) in [5, 5.41) is 13.4. The van der Waals surface area contributed by atoms with Crippen molar-refractivity contribution in [1.29, 1.82) is 0 Å². The Morgan fingerprint density at radius 2 is 1.75 bits per heavy atom. The first kappa shape index (κ1) is 22.5. The van der Waals surface area contributed by atoms with Gasteiger partial charge in [-0.1, -0.05) is 51.4 Å². The molecule has 4 heteroatoms. The van der Waals surface area contributed by atoms with E-state index in [1.807, 2.05) is 0 Å². The molecule has 0 aromatic rings. The van der Waals surface area contributed by atoms with Crippen LogP contribution in [0.2, 0.25) is 0 Å². The number of carbonyl (C=O) groups excluding carboxylic acids is 1. The third kappa shape index (κ3) is 2.61. The minimum Gasteiger partial charge on any atom is -0.469 e. The summed E-state index contributed by atoms with van der Waals surface area (Å²) in [4.78, 5) is 13.3. The standard InChI is InChI=1S/C28H43NO3/c1-24(2)13-15-28(23(30)32-6)16-14-26(4)18(20(28)17-24)7-8-22-25(3)11-10-21(29-31)19(25)9-12-27(22,26)5/h7,19-20,22,31H,8-17H2,1-6H3/b29-21-/t19-,20-,22+,25-,26+,27+,28-/m0/s1. The van der Waals surface area contributed by atoms with Crippen molar-refractivity contribution in [3.05, 3.63) is 11.6 Å². The molecule has 0 heterocycles. The van der Waals surface area contributed by atoms with Gasteiger partial charge in [-0.05, 0) is 97.7 Å². The van der Waals surface area contributed by atoms with Gasteiger partial charge < -0.3 is 9.94 Å². The number of esters is 1. The Morgan fingerprint density at radius 1 is 1.03 bits per heavy atom. The lowest BCUT2D eigenvalue weighted by Crippen LogP contribution is -2.62. The van der Waals surface area contributed by atoms with Crippen LogP contribution in [-0.2, 0) is 9.53 Å². The Bertz CT molecular complexity index is 889. The van der Waals surface area contributed by atoms with Crippen molar-refractivity contribution in [3.63, 3.8) is 0 Å². The number of nitrogens with zero attached hydrogens (tertiary/aromatic N) is 1. The van der Waals surface area contributed by atoms with Crippen LogP contribution < -0.4 is 0 Å². The molecular formula is C28H43NO3. The third-order valence-electron chi connectivity index (χ3n) is 11.9. The second kappa shape index (κ2) is 6.85. The molecule has 0 aromatic carbocycles. The minimum absolute atomic E-state index is 0.0310. The number of fused-ring (bicyclic) bond motifs is 7. The van der Waals surface area contributed by atoms with E-state index in [1.165, 1.54) is 6.42 Å². The van der Waals surface area contributed by atoms with Gasteiger partial charge in [0.05, 0.1) is 18.2 Å². The molecule has 0 spiro atoms. The highest BCUT2D eigenvalue weighted by Crippen LogP contribution is 2.74. The van der Waals surface area contributed by atoms with Crippen molar-refractivity contribution in [2.75, 3.05) is 7.11 Å². The van der Waals surface area contributed by atoms with E-state index in [-0.39, 0.29) is 33.0 Å². The summed E-state index contributed by atoms with van der Waals surface area (Å²) in [6, 6.07) is 0. The van der Waals surface area contributed by atoms with Crippen molar-refractivity contribution in [3.8, 4) is 0 Å². The molecule has 5 aliphatic rings. The van der Waals surface area contributed by atoms with Crippen LogP contribution in [0.4, 0.5) is 0 Å². The number of hydrogen-bond donors (Lipinski definition) is 1. The van der Waals surface area contributed by atoms with E-state index in [2.05, 4.69) is 45.9 Å². The van der Waals surface area contributed by atoms with Gasteiger partial charge in [-0.2, -0.15) is 0 Å². The van der Waals surface area contributed by atoms with Gasteiger partial charge >= 0.3 is 5.97 Å². The van der Waals surface area contributed by atoms with Crippen LogP contribution in [0.5, 0.6) is 0 Å². The minimum atomic E-state index is -0.329. The maximum absolute atomic E-state index is 13.3. The van der Waals surface area contributed by atoms with Gasteiger partial charge in [0.2, 0.25) is 0 Å². The van der Waals surface area contributed by atoms with E-state index in [1.54, 1.807) is 12.7 Å². The van der Waals surface area contributed by atoms with Crippen LogP contribution >= 0.6 is 0 Å². The van der Waals surface area contributed by atoms with Crippen LogP contribution in [0.1, 0.15) is 98.8 Å². The van der Waals surface area contributed by atoms with Crippen LogP contribution in [0.3, 0.4) is 0 Å². The molecule has 178 valence electrons. The molecule has 0 bridgehead atoms. The highest BCUT2D eigenvalue weighted by atomic mass is 16.5. The summed E-state index contributed by atoms with van der Waals surface area (Å²) in [6.45, 7) is 12.3. The highest BCUT2D eigenvalue weighted by molar-refractivity contribution is 5.89. The molecular weight excluding hydrogens is 398 g/mol. The van der Waals surface area contributed by atoms with Crippen LogP contribution in [0.15, 0.2) is 16.8 Å². The molecule has 4 saturated carbocycles. The smallest absolute Gasteiger partial charge is 0.312 e. The topological polar surface area (TPSA) is 58.9 Å². The largest absolute Gasteiger partial charge is 0.469 e. The van der Waals surface area contributed by atoms with E-state index in [0.29, 0.717) is 17.8 Å². The van der Waals surface area contributed by atoms with E-state index < -0.39 is 0 Å². The summed E-state index contributed by atoms with van der Waals surface area (Å²) >= 11 is 0. The summed E-state index contributed by atoms with van der Waals surface area (Å²) in [5.74, 6) is 1.36. The average molecular weight is 442 g/mol. The lowest BCUT2D eigenvalue weighted by Gasteiger charge is -2.68. The Balaban J connectivity index is 1.60. The Kier molecular flexibility index (Phi) is 4.81. The number of allylic oxidation sites excluding steroid dienone is 2. The number of hydrogen-bond acceptors (Lipinski definition) is 4. The number of oxime groups is 1. The normalized spacial score (nSPS) is 50.5. The Morgan fingerprint density at radius 3 is 2.44 bits per heavy atom. The van der Waals surface area contributed by atoms with Gasteiger partial charge in [0.1, 0.15) is 0 Å². The number of rotatable bonds is 1. The molecule has 0 aromatic heterocycles. The number of carbonyl (C=O) groups is 1. The predicted molar refractivity (Wildman–Crippen MR) is 126 cm³/mol. The van der Waals surface area contributed by atoms with E-state index in [9.17, 15) is 10.0 Å². The summed E-state index contributed by atoms with van der Waals surface area (Å²) < 4.78 is 5.46. The molecule has 0 radical (unpaired) electrons. The van der Waals surface area contributed by atoms with Crippen LogP contribution in [-0.4, -0.2) is 24.0 Å². The molecule has 5 aliphatic carbocycles. The van der Waals surface area contributed by atoms with E-state index in [4.69, 9.17) is 4.74 Å². The molecule has 0 saturated heterocycles. The van der Waals surface area contributed by atoms with Gasteiger partial charge in [0.15, 0.2) is 0 Å². The number of ether oxygens (including phenoxy) is 1. The SMILES string of the molecule is COC(=O)[C@]12CCC(C)(C)C[C@H]1C1=CC[C@@H]3[C@@]4(C)CC/C(=N/O)[C@@H]4CC[C@@]3(C)[C@]1(C)CC2. The maximum Gasteiger partial charge on any atom is 0.312 e. The summed E-state index contributed by atoms with van der Waals surface area (Å²) in [6.07, 6.45) is 13.3. The first-order chi connectivity index (χ1) is 15.0. The summed E-state index contributed by atoms with van der Waals surface area (Å²) in [5.41, 5.74) is 3.11. The van der Waals surface area contributed by atoms with Gasteiger partial charge in [0.25, 0.3) is 0 Å². The summed E-state index contributed by atoms with van der Waals surface area (Å²) in [7, 11) is 1.58. The van der Waals surface area contributed by atoms with Gasteiger partial charge in [0, 0.05) is 5.92 Å². The molecule has 7 atom stereocenters. The zero-order chi connectivity index (χ0) is 23.2. The quantitative estimate of drug-likeness (QED) is 0.211. The molecule has 5 rings (SSSR count). The molecule has 32 heavy (non-hydrogen) atoms. The highest BCUT2D eigenvalue weighted by Gasteiger charge is 2.68. The molecule has 0 amide bonds. The second-order valence-corrected chi connectivity index (χ2v) is 13.5. The molecule has 0 unspecified atom stereocenters. The zero-order valence-electron chi connectivity index (χ0n) is 21.1. The van der Waals surface area contributed by atoms with E-state index >= 15 is 0 Å². The van der Waals surface area contributed by atoms with Crippen molar-refractivity contribution in [1.82, 2.24) is 0 Å². The van der Waals surface area contributed by atoms with Crippen LogP contribution in [0.25, 0.3) is 0 Å². The van der Waals surface area contributed by atoms with Crippen molar-refractivity contribution < 1.29 is 14.7 Å². The second-order valence-electron chi connectivity index (χ2n) is 13.5. The van der Waals surface area contributed by atoms with Crippen molar-refractivity contribution in [2.45, 2.75) is 98.8 Å². The van der Waals surface area contributed by atoms with Gasteiger partial charge in [-0.15, -0.1) is 0 Å².